The van der Waals surface area contributed by atoms with Gasteiger partial charge in [0.15, 0.2) is 0 Å². The molecule has 0 aliphatic carbocycles. The molecule has 1 aliphatic rings. The fourth-order valence-electron chi connectivity index (χ4n) is 2.92. The maximum absolute atomic E-state index is 6.00. The lowest BCUT2D eigenvalue weighted by Crippen LogP contribution is -2.41. The molecule has 3 heterocycles. The Labute approximate surface area is 128 Å². The van der Waals surface area contributed by atoms with Gasteiger partial charge in [-0.1, -0.05) is 6.07 Å². The molecule has 0 unspecified atom stereocenters. The first kappa shape index (κ1) is 13.2. The number of rotatable bonds is 4. The first-order valence-electron chi connectivity index (χ1n) is 7.33. The van der Waals surface area contributed by atoms with Gasteiger partial charge in [-0.05, 0) is 19.2 Å². The van der Waals surface area contributed by atoms with Gasteiger partial charge in [0.1, 0.15) is 18.7 Å². The minimum atomic E-state index is 0.454. The lowest BCUT2D eigenvalue weighted by molar-refractivity contribution is 0.187. The van der Waals surface area contributed by atoms with Gasteiger partial charge < -0.3 is 9.64 Å². The highest BCUT2D eigenvalue weighted by atomic mass is 16.5. The van der Waals surface area contributed by atoms with Gasteiger partial charge in [0.25, 0.3) is 0 Å². The van der Waals surface area contributed by atoms with Crippen molar-refractivity contribution >= 4 is 10.9 Å². The summed E-state index contributed by atoms with van der Waals surface area (Å²) in [6.45, 7) is 2.56. The molecule has 0 atom stereocenters. The Balaban J connectivity index is 1.64. The second-order valence-corrected chi connectivity index (χ2v) is 5.74. The predicted molar refractivity (Wildman–Crippen MR) is 82.7 cm³/mol. The van der Waals surface area contributed by atoms with Crippen LogP contribution in [0.1, 0.15) is 17.2 Å². The Hall–Kier alpha value is -2.47. The van der Waals surface area contributed by atoms with Crippen LogP contribution in [0.15, 0.2) is 36.9 Å². The number of fused-ring (bicyclic) bond motifs is 1. The predicted octanol–water partition coefficient (Wildman–Crippen LogP) is 1.96. The Bertz CT molecular complexity index is 780. The third-order valence-corrected chi connectivity index (χ3v) is 4.05. The molecule has 3 aromatic rings. The molecule has 1 aliphatic heterocycles. The first-order chi connectivity index (χ1) is 10.8. The molecule has 6 nitrogen and oxygen atoms in total. The number of likely N-dealkylation sites (tertiary alicyclic amines) is 1. The molecule has 0 radical (unpaired) electrons. The molecule has 4 rings (SSSR count). The molecule has 0 amide bonds. The van der Waals surface area contributed by atoms with Gasteiger partial charge >= 0.3 is 0 Å². The molecule has 1 N–H and O–H groups in total. The van der Waals surface area contributed by atoms with Gasteiger partial charge in [-0.3, -0.25) is 5.10 Å². The van der Waals surface area contributed by atoms with Crippen LogP contribution in [0.5, 0.6) is 5.75 Å². The van der Waals surface area contributed by atoms with Gasteiger partial charge in [-0.25, -0.2) is 9.97 Å². The molecular formula is C16H17N5O. The van der Waals surface area contributed by atoms with Crippen LogP contribution in [0.4, 0.5) is 0 Å². The molecular weight excluding hydrogens is 278 g/mol. The average Bonchev–Trinajstić information content (AvgIpc) is 2.95. The highest BCUT2D eigenvalue weighted by Crippen LogP contribution is 2.35. The number of aromatic amines is 1. The van der Waals surface area contributed by atoms with Crippen molar-refractivity contribution in [2.75, 3.05) is 20.1 Å². The SMILES string of the molecule is CN1CC(c2[nH]nc3cccc(OCc4cncnc4)c23)C1. The molecule has 0 bridgehead atoms. The Morgan fingerprint density at radius 1 is 1.27 bits per heavy atom. The lowest BCUT2D eigenvalue weighted by atomic mass is 9.94. The quantitative estimate of drug-likeness (QED) is 0.797. The van der Waals surface area contributed by atoms with Crippen LogP contribution in [0.3, 0.4) is 0 Å². The molecule has 1 aromatic carbocycles. The van der Waals surface area contributed by atoms with Gasteiger partial charge in [-0.2, -0.15) is 5.10 Å². The summed E-state index contributed by atoms with van der Waals surface area (Å²) in [5.74, 6) is 1.36. The summed E-state index contributed by atoms with van der Waals surface area (Å²) < 4.78 is 6.00. The molecule has 1 fully saturated rings. The van der Waals surface area contributed by atoms with E-state index in [9.17, 15) is 0 Å². The maximum Gasteiger partial charge on any atom is 0.131 e. The van der Waals surface area contributed by atoms with Crippen molar-refractivity contribution in [1.82, 2.24) is 25.1 Å². The normalized spacial score (nSPS) is 15.9. The molecule has 2 aromatic heterocycles. The highest BCUT2D eigenvalue weighted by Gasteiger charge is 2.29. The zero-order chi connectivity index (χ0) is 14.9. The van der Waals surface area contributed by atoms with Gasteiger partial charge in [-0.15, -0.1) is 0 Å². The third-order valence-electron chi connectivity index (χ3n) is 4.05. The van der Waals surface area contributed by atoms with Crippen molar-refractivity contribution in [1.29, 1.82) is 0 Å². The Morgan fingerprint density at radius 3 is 2.86 bits per heavy atom. The molecule has 112 valence electrons. The summed E-state index contributed by atoms with van der Waals surface area (Å²) in [6.07, 6.45) is 5.06. The van der Waals surface area contributed by atoms with E-state index in [-0.39, 0.29) is 0 Å². The summed E-state index contributed by atoms with van der Waals surface area (Å²) in [7, 11) is 2.13. The Kier molecular flexibility index (Phi) is 3.23. The number of ether oxygens (including phenoxy) is 1. The molecule has 6 heteroatoms. The topological polar surface area (TPSA) is 66.9 Å². The van der Waals surface area contributed by atoms with Crippen molar-refractivity contribution in [3.8, 4) is 5.75 Å². The van der Waals surface area contributed by atoms with Crippen LogP contribution >= 0.6 is 0 Å². The molecule has 0 saturated carbocycles. The van der Waals surface area contributed by atoms with E-state index in [1.165, 1.54) is 12.0 Å². The van der Waals surface area contributed by atoms with Gasteiger partial charge in [0.05, 0.1) is 16.6 Å². The van der Waals surface area contributed by atoms with E-state index in [2.05, 4.69) is 32.1 Å². The largest absolute Gasteiger partial charge is 0.488 e. The number of likely N-dealkylation sites (N-methyl/N-ethyl adjacent to an activating group) is 1. The van der Waals surface area contributed by atoms with Crippen molar-refractivity contribution < 1.29 is 4.74 Å². The van der Waals surface area contributed by atoms with E-state index in [4.69, 9.17) is 4.74 Å². The minimum Gasteiger partial charge on any atom is -0.488 e. The molecule has 0 spiro atoms. The van der Waals surface area contributed by atoms with E-state index in [1.54, 1.807) is 12.4 Å². The number of nitrogens with zero attached hydrogens (tertiary/aromatic N) is 4. The zero-order valence-electron chi connectivity index (χ0n) is 12.4. The van der Waals surface area contributed by atoms with Crippen LogP contribution in [0.25, 0.3) is 10.9 Å². The fraction of sp³-hybridized carbons (Fsp3) is 0.312. The van der Waals surface area contributed by atoms with E-state index >= 15 is 0 Å². The summed E-state index contributed by atoms with van der Waals surface area (Å²) in [6, 6.07) is 5.97. The van der Waals surface area contributed by atoms with Crippen LogP contribution in [0, 0.1) is 0 Å². The number of aromatic nitrogens is 4. The summed E-state index contributed by atoms with van der Waals surface area (Å²) in [4.78, 5) is 10.3. The second-order valence-electron chi connectivity index (χ2n) is 5.74. The lowest BCUT2D eigenvalue weighted by Gasteiger charge is -2.35. The van der Waals surface area contributed by atoms with Crippen molar-refractivity contribution in [2.24, 2.45) is 0 Å². The smallest absolute Gasteiger partial charge is 0.131 e. The van der Waals surface area contributed by atoms with Crippen LogP contribution in [0.2, 0.25) is 0 Å². The van der Waals surface area contributed by atoms with Crippen LogP contribution in [-0.2, 0) is 6.61 Å². The van der Waals surface area contributed by atoms with E-state index in [1.807, 2.05) is 18.2 Å². The monoisotopic (exact) mass is 295 g/mol. The summed E-state index contributed by atoms with van der Waals surface area (Å²) >= 11 is 0. The standard InChI is InChI=1S/C16H17N5O/c1-21-7-12(8-21)16-15-13(19-20-16)3-2-4-14(15)22-9-11-5-17-10-18-6-11/h2-6,10,12H,7-9H2,1H3,(H,19,20). The number of hydrogen-bond donors (Lipinski definition) is 1. The second kappa shape index (κ2) is 5.38. The molecule has 1 saturated heterocycles. The molecule has 22 heavy (non-hydrogen) atoms. The van der Waals surface area contributed by atoms with Crippen LogP contribution in [-0.4, -0.2) is 45.2 Å². The average molecular weight is 295 g/mol. The third kappa shape index (κ3) is 2.31. The summed E-state index contributed by atoms with van der Waals surface area (Å²) in [5.41, 5.74) is 3.08. The number of benzene rings is 1. The zero-order valence-corrected chi connectivity index (χ0v) is 12.4. The number of nitrogens with one attached hydrogen (secondary N) is 1. The first-order valence-corrected chi connectivity index (χ1v) is 7.33. The van der Waals surface area contributed by atoms with E-state index in [0.29, 0.717) is 12.5 Å². The number of H-pyrrole nitrogens is 1. The van der Waals surface area contributed by atoms with Gasteiger partial charge in [0, 0.05) is 37.0 Å². The van der Waals surface area contributed by atoms with Crippen LogP contribution < -0.4 is 4.74 Å². The summed E-state index contributed by atoms with van der Waals surface area (Å²) in [5, 5.41) is 8.70. The van der Waals surface area contributed by atoms with E-state index < -0.39 is 0 Å². The van der Waals surface area contributed by atoms with E-state index in [0.717, 1.165) is 35.3 Å². The van der Waals surface area contributed by atoms with Crippen molar-refractivity contribution in [2.45, 2.75) is 12.5 Å². The van der Waals surface area contributed by atoms with Crippen molar-refractivity contribution in [3.63, 3.8) is 0 Å². The van der Waals surface area contributed by atoms with Crippen molar-refractivity contribution in [3.05, 3.63) is 48.2 Å². The van der Waals surface area contributed by atoms with Gasteiger partial charge in [0.2, 0.25) is 0 Å². The fourth-order valence-corrected chi connectivity index (χ4v) is 2.92. The Morgan fingerprint density at radius 2 is 2.09 bits per heavy atom. The highest BCUT2D eigenvalue weighted by molar-refractivity contribution is 5.88. The maximum atomic E-state index is 6.00. The number of hydrogen-bond acceptors (Lipinski definition) is 5. The minimum absolute atomic E-state index is 0.454.